The van der Waals surface area contributed by atoms with Crippen molar-refractivity contribution >= 4 is 7.85 Å². The number of hydrogen-bond donors (Lipinski definition) is 1. The van der Waals surface area contributed by atoms with Gasteiger partial charge in [-0.15, -0.1) is 0 Å². The van der Waals surface area contributed by atoms with E-state index in [1.165, 1.54) is 12.8 Å². The van der Waals surface area contributed by atoms with Crippen molar-refractivity contribution in [3.8, 4) is 0 Å². The van der Waals surface area contributed by atoms with Crippen LogP contribution in [0.1, 0.15) is 40.0 Å². The average molecular weight is 141 g/mol. The van der Waals surface area contributed by atoms with Crippen molar-refractivity contribution < 1.29 is 0 Å². The minimum Gasteiger partial charge on any atom is -0.328 e. The van der Waals surface area contributed by atoms with Gasteiger partial charge >= 0.3 is 0 Å². The summed E-state index contributed by atoms with van der Waals surface area (Å²) >= 11 is 0. The molecule has 0 aliphatic carbocycles. The molecular weight excluding hydrogens is 121 g/mol. The van der Waals surface area contributed by atoms with Gasteiger partial charge in [-0.05, 0) is 13.3 Å². The van der Waals surface area contributed by atoms with Crippen LogP contribution in [0.15, 0.2) is 0 Å². The van der Waals surface area contributed by atoms with E-state index in [2.05, 4.69) is 28.6 Å². The Bertz CT molecular complexity index is 83.7. The van der Waals surface area contributed by atoms with E-state index in [0.717, 1.165) is 6.42 Å². The molecule has 0 aliphatic heterocycles. The van der Waals surface area contributed by atoms with Crippen LogP contribution in [-0.4, -0.2) is 13.9 Å². The summed E-state index contributed by atoms with van der Waals surface area (Å²) < 4.78 is 0. The van der Waals surface area contributed by atoms with Gasteiger partial charge in [0.05, 0.1) is 0 Å². The van der Waals surface area contributed by atoms with Crippen LogP contribution in [0.5, 0.6) is 0 Å². The number of hydrogen-bond acceptors (Lipinski definition) is 1. The van der Waals surface area contributed by atoms with E-state index >= 15 is 0 Å². The zero-order chi connectivity index (χ0) is 8.20. The molecule has 0 aromatic heterocycles. The van der Waals surface area contributed by atoms with Crippen molar-refractivity contribution in [2.45, 2.75) is 51.4 Å². The molecule has 1 atom stereocenters. The Morgan fingerprint density at radius 2 is 2.00 bits per heavy atom. The monoisotopic (exact) mass is 141 g/mol. The second kappa shape index (κ2) is 4.02. The van der Waals surface area contributed by atoms with Gasteiger partial charge in [-0.3, -0.25) is 0 Å². The molecule has 0 aromatic rings. The number of nitrogens with two attached hydrogens (primary N) is 1. The Balaban J connectivity index is 3.21. The first-order valence-corrected chi connectivity index (χ1v) is 4.17. The Morgan fingerprint density at radius 1 is 1.50 bits per heavy atom. The van der Waals surface area contributed by atoms with E-state index in [4.69, 9.17) is 5.73 Å². The zero-order valence-corrected chi connectivity index (χ0v) is 7.78. The lowest BCUT2D eigenvalue weighted by atomic mass is 9.69. The van der Waals surface area contributed by atoms with Gasteiger partial charge in [-0.1, -0.05) is 32.0 Å². The Hall–Kier alpha value is 0.0249. The highest BCUT2D eigenvalue weighted by Gasteiger charge is 2.09. The molecule has 0 rings (SSSR count). The molecule has 2 N–H and O–H groups in total. The van der Waals surface area contributed by atoms with Crippen molar-refractivity contribution in [1.29, 1.82) is 0 Å². The summed E-state index contributed by atoms with van der Waals surface area (Å²) in [7, 11) is 2.27. The van der Waals surface area contributed by atoms with E-state index in [1.54, 1.807) is 0 Å². The molecule has 0 saturated heterocycles. The molecular formula is C8H20BN. The number of rotatable bonds is 4. The highest BCUT2D eigenvalue weighted by molar-refractivity contribution is 6.14. The van der Waals surface area contributed by atoms with E-state index in [0.29, 0.717) is 11.4 Å². The molecule has 60 valence electrons. The molecule has 0 fully saturated rings. The molecule has 0 spiro atoms. The lowest BCUT2D eigenvalue weighted by Gasteiger charge is -2.17. The maximum atomic E-state index is 5.62. The maximum absolute atomic E-state index is 5.62. The summed E-state index contributed by atoms with van der Waals surface area (Å²) in [5.41, 5.74) is 5.62. The standard InChI is InChI=1S/C8H20BN/c1-7(10)5-4-6-8(2,3)9/h7H,4-6,9-10H2,1-3H3. The molecule has 0 amide bonds. The third-order valence-electron chi connectivity index (χ3n) is 1.59. The molecule has 0 radical (unpaired) electrons. The van der Waals surface area contributed by atoms with E-state index in [-0.39, 0.29) is 0 Å². The van der Waals surface area contributed by atoms with Crippen molar-refractivity contribution in [2.24, 2.45) is 5.73 Å². The third kappa shape index (κ3) is 8.02. The molecule has 0 aromatic carbocycles. The maximum Gasteiger partial charge on any atom is 0.108 e. The molecule has 10 heavy (non-hydrogen) atoms. The zero-order valence-electron chi connectivity index (χ0n) is 7.78. The fourth-order valence-corrected chi connectivity index (χ4v) is 0.954. The smallest absolute Gasteiger partial charge is 0.108 e. The van der Waals surface area contributed by atoms with E-state index in [1.807, 2.05) is 0 Å². The molecule has 1 unspecified atom stereocenters. The van der Waals surface area contributed by atoms with Crippen LogP contribution in [-0.2, 0) is 0 Å². The lowest BCUT2D eigenvalue weighted by Crippen LogP contribution is -2.15. The highest BCUT2D eigenvalue weighted by atomic mass is 14.6. The largest absolute Gasteiger partial charge is 0.328 e. The predicted molar refractivity (Wildman–Crippen MR) is 50.1 cm³/mol. The van der Waals surface area contributed by atoms with Crippen molar-refractivity contribution in [3.63, 3.8) is 0 Å². The van der Waals surface area contributed by atoms with Gasteiger partial charge in [-0.2, -0.15) is 0 Å². The quantitative estimate of drug-likeness (QED) is 0.587. The topological polar surface area (TPSA) is 26.0 Å². The minimum atomic E-state index is 0.377. The summed E-state index contributed by atoms with van der Waals surface area (Å²) in [4.78, 5) is 0. The van der Waals surface area contributed by atoms with Crippen molar-refractivity contribution in [3.05, 3.63) is 0 Å². The van der Waals surface area contributed by atoms with Crippen LogP contribution < -0.4 is 5.73 Å². The summed E-state index contributed by atoms with van der Waals surface area (Å²) in [6.45, 7) is 6.62. The fourth-order valence-electron chi connectivity index (χ4n) is 0.954. The lowest BCUT2D eigenvalue weighted by molar-refractivity contribution is 0.526. The molecule has 0 heterocycles. The second-order valence-electron chi connectivity index (χ2n) is 4.43. The van der Waals surface area contributed by atoms with E-state index < -0.39 is 0 Å². The predicted octanol–water partition coefficient (Wildman–Crippen LogP) is 1.34. The summed E-state index contributed by atoms with van der Waals surface area (Å²) in [5, 5.41) is 0.481. The van der Waals surface area contributed by atoms with Crippen LogP contribution in [0.25, 0.3) is 0 Å². The van der Waals surface area contributed by atoms with Crippen LogP contribution >= 0.6 is 0 Å². The van der Waals surface area contributed by atoms with Gasteiger partial charge in [0.1, 0.15) is 7.85 Å². The van der Waals surface area contributed by atoms with Gasteiger partial charge in [0, 0.05) is 6.04 Å². The summed E-state index contributed by atoms with van der Waals surface area (Å²) in [6, 6.07) is 0.377. The van der Waals surface area contributed by atoms with Crippen LogP contribution in [0.2, 0.25) is 5.31 Å². The highest BCUT2D eigenvalue weighted by Crippen LogP contribution is 2.25. The van der Waals surface area contributed by atoms with Gasteiger partial charge < -0.3 is 5.73 Å². The van der Waals surface area contributed by atoms with E-state index in [9.17, 15) is 0 Å². The average Bonchev–Trinajstić information content (AvgIpc) is 1.59. The summed E-state index contributed by atoms with van der Waals surface area (Å²) in [5.74, 6) is 0. The first kappa shape index (κ1) is 10.0. The van der Waals surface area contributed by atoms with Crippen LogP contribution in [0.3, 0.4) is 0 Å². The van der Waals surface area contributed by atoms with Crippen LogP contribution in [0.4, 0.5) is 0 Å². The van der Waals surface area contributed by atoms with Crippen LogP contribution in [0, 0.1) is 0 Å². The Morgan fingerprint density at radius 3 is 2.30 bits per heavy atom. The first-order chi connectivity index (χ1) is 4.42. The minimum absolute atomic E-state index is 0.377. The Kier molecular flexibility index (Phi) is 4.03. The fraction of sp³-hybridized carbons (Fsp3) is 1.00. The van der Waals surface area contributed by atoms with Gasteiger partial charge in [0.15, 0.2) is 0 Å². The second-order valence-corrected chi connectivity index (χ2v) is 4.43. The molecule has 2 heteroatoms. The van der Waals surface area contributed by atoms with Gasteiger partial charge in [0.2, 0.25) is 0 Å². The van der Waals surface area contributed by atoms with Gasteiger partial charge in [0.25, 0.3) is 0 Å². The third-order valence-corrected chi connectivity index (χ3v) is 1.59. The van der Waals surface area contributed by atoms with Gasteiger partial charge in [-0.25, -0.2) is 0 Å². The van der Waals surface area contributed by atoms with Crippen molar-refractivity contribution in [1.82, 2.24) is 0 Å². The van der Waals surface area contributed by atoms with Crippen molar-refractivity contribution in [2.75, 3.05) is 0 Å². The molecule has 0 bridgehead atoms. The Labute approximate surface area is 65.8 Å². The first-order valence-electron chi connectivity index (χ1n) is 4.17. The SMILES string of the molecule is BC(C)(C)CCCC(C)N. The molecule has 1 nitrogen and oxygen atoms in total. The molecule has 0 saturated carbocycles. The summed E-state index contributed by atoms with van der Waals surface area (Å²) in [6.07, 6.45) is 3.72. The normalized spacial score (nSPS) is 15.2. The molecule has 0 aliphatic rings.